The molecular formula is C13H26O6. The zero-order chi connectivity index (χ0) is 14.4. The van der Waals surface area contributed by atoms with Gasteiger partial charge in [0.05, 0.1) is 12.7 Å². The van der Waals surface area contributed by atoms with Crippen LogP contribution >= 0.6 is 0 Å². The van der Waals surface area contributed by atoms with E-state index in [1.807, 2.05) is 6.92 Å². The average molecular weight is 278 g/mol. The highest BCUT2D eigenvalue weighted by Crippen LogP contribution is 2.23. The number of ether oxygens (including phenoxy) is 2. The third-order valence-corrected chi connectivity index (χ3v) is 3.43. The average Bonchev–Trinajstić information content (AvgIpc) is 2.39. The highest BCUT2D eigenvalue weighted by Gasteiger charge is 2.44. The highest BCUT2D eigenvalue weighted by atomic mass is 16.7. The molecular weight excluding hydrogens is 252 g/mol. The first-order valence-corrected chi connectivity index (χ1v) is 6.97. The third kappa shape index (κ3) is 4.66. The topological polar surface area (TPSA) is 99.4 Å². The summed E-state index contributed by atoms with van der Waals surface area (Å²) < 4.78 is 10.8. The van der Waals surface area contributed by atoms with Gasteiger partial charge in [-0.2, -0.15) is 0 Å². The summed E-state index contributed by atoms with van der Waals surface area (Å²) in [7, 11) is 0. The van der Waals surface area contributed by atoms with Crippen molar-refractivity contribution < 1.29 is 29.9 Å². The highest BCUT2D eigenvalue weighted by molar-refractivity contribution is 4.89. The molecule has 0 aromatic carbocycles. The molecule has 1 aliphatic rings. The Balaban J connectivity index is 2.47. The van der Waals surface area contributed by atoms with Crippen molar-refractivity contribution in [3.63, 3.8) is 0 Å². The van der Waals surface area contributed by atoms with Gasteiger partial charge in [-0.15, -0.1) is 0 Å². The van der Waals surface area contributed by atoms with Crippen LogP contribution < -0.4 is 0 Å². The van der Waals surface area contributed by atoms with Crippen LogP contribution in [-0.4, -0.2) is 63.8 Å². The van der Waals surface area contributed by atoms with Crippen LogP contribution in [0.3, 0.4) is 0 Å². The van der Waals surface area contributed by atoms with Gasteiger partial charge in [-0.1, -0.05) is 26.2 Å². The van der Waals surface area contributed by atoms with Crippen molar-refractivity contribution >= 4 is 0 Å². The molecule has 0 radical (unpaired) electrons. The van der Waals surface area contributed by atoms with Gasteiger partial charge in [0.2, 0.25) is 0 Å². The van der Waals surface area contributed by atoms with E-state index in [2.05, 4.69) is 6.92 Å². The van der Waals surface area contributed by atoms with Crippen LogP contribution in [0.5, 0.6) is 0 Å². The van der Waals surface area contributed by atoms with Gasteiger partial charge < -0.3 is 29.9 Å². The molecule has 114 valence electrons. The lowest BCUT2D eigenvalue weighted by Crippen LogP contribution is -2.59. The molecule has 0 aromatic rings. The lowest BCUT2D eigenvalue weighted by Gasteiger charge is -2.40. The van der Waals surface area contributed by atoms with Crippen molar-refractivity contribution in [1.82, 2.24) is 0 Å². The molecule has 4 N–H and O–H groups in total. The fraction of sp³-hybridized carbons (Fsp3) is 1.00. The summed E-state index contributed by atoms with van der Waals surface area (Å²) in [6, 6.07) is 0. The summed E-state index contributed by atoms with van der Waals surface area (Å²) in [5, 5.41) is 38.1. The molecule has 0 aromatic heterocycles. The van der Waals surface area contributed by atoms with E-state index in [0.717, 1.165) is 25.7 Å². The van der Waals surface area contributed by atoms with Gasteiger partial charge in [0, 0.05) is 0 Å². The smallest absolute Gasteiger partial charge is 0.186 e. The van der Waals surface area contributed by atoms with Crippen molar-refractivity contribution in [2.45, 2.75) is 76.3 Å². The Kier molecular flexibility index (Phi) is 7.20. The first-order valence-electron chi connectivity index (χ1n) is 6.97. The Morgan fingerprint density at radius 2 is 1.79 bits per heavy atom. The van der Waals surface area contributed by atoms with Gasteiger partial charge in [0.1, 0.15) is 24.4 Å². The van der Waals surface area contributed by atoms with Gasteiger partial charge in [0.25, 0.3) is 0 Å². The fourth-order valence-corrected chi connectivity index (χ4v) is 2.16. The lowest BCUT2D eigenvalue weighted by atomic mass is 9.99. The molecule has 6 nitrogen and oxygen atoms in total. The minimum atomic E-state index is -1.38. The standard InChI is InChI=1S/C13H26O6/c1-3-4-5-6-8(2)18-13-12(17)11(16)10(15)9(7-14)19-13/h8-17H,3-7H2,1-2H3/t8-,9+,10+,11-,12+,13+/m0/s1. The second-order valence-corrected chi connectivity index (χ2v) is 5.14. The Bertz CT molecular complexity index is 247. The van der Waals surface area contributed by atoms with Crippen LogP contribution in [0.2, 0.25) is 0 Å². The van der Waals surface area contributed by atoms with Crippen LogP contribution in [0.15, 0.2) is 0 Å². The molecule has 1 aliphatic heterocycles. The molecule has 6 heteroatoms. The summed E-state index contributed by atoms with van der Waals surface area (Å²) in [6.45, 7) is 3.55. The molecule has 0 saturated carbocycles. The van der Waals surface area contributed by atoms with E-state index in [1.54, 1.807) is 0 Å². The summed E-state index contributed by atoms with van der Waals surface area (Å²) in [5.41, 5.74) is 0. The SMILES string of the molecule is CCCCC[C@H](C)O[C@@H]1O[C@H](CO)[C@@H](O)[C@H](O)[C@H]1O. The van der Waals surface area contributed by atoms with E-state index >= 15 is 0 Å². The fourth-order valence-electron chi connectivity index (χ4n) is 2.16. The Morgan fingerprint density at radius 1 is 1.11 bits per heavy atom. The van der Waals surface area contributed by atoms with Crippen molar-refractivity contribution in [2.24, 2.45) is 0 Å². The van der Waals surface area contributed by atoms with Crippen molar-refractivity contribution in [1.29, 1.82) is 0 Å². The second-order valence-electron chi connectivity index (χ2n) is 5.14. The van der Waals surface area contributed by atoms with E-state index < -0.39 is 37.3 Å². The van der Waals surface area contributed by atoms with Crippen molar-refractivity contribution in [3.8, 4) is 0 Å². The minimum Gasteiger partial charge on any atom is -0.394 e. The maximum absolute atomic E-state index is 9.80. The van der Waals surface area contributed by atoms with Crippen LogP contribution in [0.25, 0.3) is 0 Å². The molecule has 6 atom stereocenters. The van der Waals surface area contributed by atoms with Crippen molar-refractivity contribution in [2.75, 3.05) is 6.61 Å². The summed E-state index contributed by atoms with van der Waals surface area (Å²) in [5.74, 6) is 0. The molecule has 0 aliphatic carbocycles. The third-order valence-electron chi connectivity index (χ3n) is 3.43. The maximum atomic E-state index is 9.80. The number of aliphatic hydroxyl groups is 4. The van der Waals surface area contributed by atoms with Gasteiger partial charge in [-0.3, -0.25) is 0 Å². The quantitative estimate of drug-likeness (QED) is 0.480. The van der Waals surface area contributed by atoms with Gasteiger partial charge in [-0.25, -0.2) is 0 Å². The monoisotopic (exact) mass is 278 g/mol. The van der Waals surface area contributed by atoms with E-state index in [4.69, 9.17) is 14.6 Å². The minimum absolute atomic E-state index is 0.118. The van der Waals surface area contributed by atoms with Crippen LogP contribution in [0.4, 0.5) is 0 Å². The molecule has 1 rings (SSSR count). The zero-order valence-electron chi connectivity index (χ0n) is 11.6. The van der Waals surface area contributed by atoms with E-state index in [0.29, 0.717) is 0 Å². The van der Waals surface area contributed by atoms with E-state index in [1.165, 1.54) is 0 Å². The molecule has 0 amide bonds. The summed E-state index contributed by atoms with van der Waals surface area (Å²) in [4.78, 5) is 0. The molecule has 0 unspecified atom stereocenters. The normalized spacial score (nSPS) is 37.3. The number of rotatable bonds is 7. The summed E-state index contributed by atoms with van der Waals surface area (Å²) >= 11 is 0. The zero-order valence-corrected chi connectivity index (χ0v) is 11.6. The number of hydrogen-bond acceptors (Lipinski definition) is 6. The maximum Gasteiger partial charge on any atom is 0.186 e. The van der Waals surface area contributed by atoms with Gasteiger partial charge in [0.15, 0.2) is 6.29 Å². The van der Waals surface area contributed by atoms with Crippen molar-refractivity contribution in [3.05, 3.63) is 0 Å². The van der Waals surface area contributed by atoms with Crippen LogP contribution in [-0.2, 0) is 9.47 Å². The largest absolute Gasteiger partial charge is 0.394 e. The summed E-state index contributed by atoms with van der Waals surface area (Å²) in [6.07, 6.45) is -1.99. The van der Waals surface area contributed by atoms with E-state index in [-0.39, 0.29) is 6.10 Å². The van der Waals surface area contributed by atoms with Gasteiger partial charge >= 0.3 is 0 Å². The molecule has 19 heavy (non-hydrogen) atoms. The predicted octanol–water partition coefficient (Wildman–Crippen LogP) is -0.228. The van der Waals surface area contributed by atoms with E-state index in [9.17, 15) is 15.3 Å². The molecule has 1 saturated heterocycles. The number of unbranched alkanes of at least 4 members (excludes halogenated alkanes) is 2. The number of hydrogen-bond donors (Lipinski definition) is 4. The first-order chi connectivity index (χ1) is 9.01. The Labute approximate surface area is 114 Å². The molecule has 1 fully saturated rings. The van der Waals surface area contributed by atoms with Crippen LogP contribution in [0, 0.1) is 0 Å². The second kappa shape index (κ2) is 8.14. The van der Waals surface area contributed by atoms with Crippen LogP contribution in [0.1, 0.15) is 39.5 Å². The predicted molar refractivity (Wildman–Crippen MR) is 68.5 cm³/mol. The van der Waals surface area contributed by atoms with Gasteiger partial charge in [-0.05, 0) is 13.3 Å². The molecule has 0 bridgehead atoms. The molecule has 0 spiro atoms. The molecule has 1 heterocycles. The number of aliphatic hydroxyl groups excluding tert-OH is 4. The Hall–Kier alpha value is -0.240. The first kappa shape index (κ1) is 16.8. The Morgan fingerprint density at radius 3 is 2.37 bits per heavy atom. The lowest BCUT2D eigenvalue weighted by molar-refractivity contribution is -0.310.